The molecule has 3 aliphatic rings. The second kappa shape index (κ2) is 10.7. The minimum absolute atomic E-state index is 0.220. The standard InChI is InChI=1S/C26H36N4O3/c1-2-31-26-29-24(32-19-11-6-12-19)21(25(30-26)33-20-13-7-14-20)17-28-22-15-8-16-27-23(22)18-9-4-3-5-10-18/h3-5,9-10,19-20,22-23,27-28H,2,6-8,11-17H2,1H3/t22-,23-/m0/s1. The molecule has 1 aliphatic heterocycles. The number of nitrogens with one attached hydrogen (secondary N) is 2. The van der Waals surface area contributed by atoms with Crippen molar-refractivity contribution in [1.82, 2.24) is 20.6 Å². The normalized spacial score (nSPS) is 23.4. The molecule has 1 aromatic carbocycles. The lowest BCUT2D eigenvalue weighted by molar-refractivity contribution is 0.0981. The molecule has 0 spiro atoms. The predicted octanol–water partition coefficient (Wildman–Crippen LogP) is 4.32. The van der Waals surface area contributed by atoms with E-state index >= 15 is 0 Å². The Bertz CT molecular complexity index is 865. The van der Waals surface area contributed by atoms with E-state index in [4.69, 9.17) is 14.2 Å². The molecule has 0 unspecified atom stereocenters. The Kier molecular flexibility index (Phi) is 7.27. The SMILES string of the molecule is CCOc1nc(OC2CCC2)c(CN[C@H]2CCCN[C@H]2c2ccccc2)c(OC2CCC2)n1. The summed E-state index contributed by atoms with van der Waals surface area (Å²) in [6, 6.07) is 11.6. The first-order valence-electron chi connectivity index (χ1n) is 12.7. The van der Waals surface area contributed by atoms with Gasteiger partial charge in [0.25, 0.3) is 0 Å². The molecule has 2 saturated carbocycles. The fraction of sp³-hybridized carbons (Fsp3) is 0.615. The van der Waals surface area contributed by atoms with E-state index in [9.17, 15) is 0 Å². The van der Waals surface area contributed by atoms with Crippen molar-refractivity contribution in [2.45, 2.75) is 89.1 Å². The van der Waals surface area contributed by atoms with Crippen LogP contribution in [0.2, 0.25) is 0 Å². The zero-order valence-electron chi connectivity index (χ0n) is 19.6. The Morgan fingerprint density at radius 2 is 1.58 bits per heavy atom. The zero-order valence-corrected chi connectivity index (χ0v) is 19.6. The van der Waals surface area contributed by atoms with Gasteiger partial charge in [-0.2, -0.15) is 9.97 Å². The molecule has 5 rings (SSSR count). The quantitative estimate of drug-likeness (QED) is 0.556. The number of benzene rings is 1. The first-order chi connectivity index (χ1) is 16.3. The Morgan fingerprint density at radius 1 is 0.909 bits per heavy atom. The van der Waals surface area contributed by atoms with Crippen molar-refractivity contribution in [3.8, 4) is 17.8 Å². The van der Waals surface area contributed by atoms with Crippen LogP contribution in [0.3, 0.4) is 0 Å². The van der Waals surface area contributed by atoms with E-state index < -0.39 is 0 Å². The second-order valence-corrected chi connectivity index (χ2v) is 9.34. The molecule has 1 saturated heterocycles. The van der Waals surface area contributed by atoms with Crippen molar-refractivity contribution in [3.63, 3.8) is 0 Å². The average Bonchev–Trinajstić information content (AvgIpc) is 2.79. The van der Waals surface area contributed by atoms with Gasteiger partial charge in [-0.15, -0.1) is 0 Å². The van der Waals surface area contributed by atoms with E-state index in [0.717, 1.165) is 50.6 Å². The monoisotopic (exact) mass is 452 g/mol. The van der Waals surface area contributed by atoms with E-state index in [2.05, 4.69) is 50.9 Å². The summed E-state index contributed by atoms with van der Waals surface area (Å²) in [7, 11) is 0. The molecule has 33 heavy (non-hydrogen) atoms. The van der Waals surface area contributed by atoms with Gasteiger partial charge in [-0.25, -0.2) is 0 Å². The maximum atomic E-state index is 6.33. The minimum Gasteiger partial charge on any atom is -0.474 e. The topological polar surface area (TPSA) is 77.5 Å². The lowest BCUT2D eigenvalue weighted by Crippen LogP contribution is -2.45. The number of piperidine rings is 1. The Morgan fingerprint density at radius 3 is 2.15 bits per heavy atom. The summed E-state index contributed by atoms with van der Waals surface area (Å²) in [5.74, 6) is 1.22. The maximum absolute atomic E-state index is 6.33. The molecular weight excluding hydrogens is 416 g/mol. The molecule has 2 heterocycles. The average molecular weight is 453 g/mol. The molecule has 2 aromatic rings. The van der Waals surface area contributed by atoms with Gasteiger partial charge in [-0.1, -0.05) is 30.3 Å². The van der Waals surface area contributed by atoms with E-state index in [-0.39, 0.29) is 18.2 Å². The molecule has 2 N–H and O–H groups in total. The van der Waals surface area contributed by atoms with Crippen molar-refractivity contribution in [1.29, 1.82) is 0 Å². The van der Waals surface area contributed by atoms with Gasteiger partial charge in [-0.3, -0.25) is 0 Å². The maximum Gasteiger partial charge on any atom is 0.323 e. The lowest BCUT2D eigenvalue weighted by atomic mass is 9.92. The molecule has 178 valence electrons. The Balaban J connectivity index is 1.39. The van der Waals surface area contributed by atoms with Crippen LogP contribution < -0.4 is 24.8 Å². The summed E-state index contributed by atoms with van der Waals surface area (Å²) in [4.78, 5) is 9.29. The molecule has 7 heteroatoms. The van der Waals surface area contributed by atoms with Gasteiger partial charge >= 0.3 is 6.01 Å². The van der Waals surface area contributed by atoms with Crippen LogP contribution in [0.15, 0.2) is 30.3 Å². The fourth-order valence-corrected chi connectivity index (χ4v) is 4.61. The number of aromatic nitrogens is 2. The lowest BCUT2D eigenvalue weighted by Gasteiger charge is -2.34. The third-order valence-corrected chi connectivity index (χ3v) is 7.00. The first kappa shape index (κ1) is 22.4. The molecular formula is C26H36N4O3. The van der Waals surface area contributed by atoms with Gasteiger partial charge < -0.3 is 24.8 Å². The summed E-state index contributed by atoms with van der Waals surface area (Å²) in [6.45, 7) is 4.09. The van der Waals surface area contributed by atoms with Crippen molar-refractivity contribution < 1.29 is 14.2 Å². The van der Waals surface area contributed by atoms with Crippen molar-refractivity contribution in [3.05, 3.63) is 41.5 Å². The van der Waals surface area contributed by atoms with Gasteiger partial charge in [0, 0.05) is 18.6 Å². The Labute approximate surface area is 196 Å². The molecule has 2 atom stereocenters. The van der Waals surface area contributed by atoms with Crippen LogP contribution in [0.5, 0.6) is 17.8 Å². The van der Waals surface area contributed by atoms with E-state index in [1.54, 1.807) is 0 Å². The smallest absolute Gasteiger partial charge is 0.323 e. The van der Waals surface area contributed by atoms with Crippen LogP contribution in [0.4, 0.5) is 0 Å². The number of hydrogen-bond acceptors (Lipinski definition) is 7. The Hall–Kier alpha value is -2.38. The van der Waals surface area contributed by atoms with Crippen LogP contribution in [0.25, 0.3) is 0 Å². The number of rotatable bonds is 10. The van der Waals surface area contributed by atoms with Crippen molar-refractivity contribution in [2.24, 2.45) is 0 Å². The highest BCUT2D eigenvalue weighted by molar-refractivity contribution is 5.38. The minimum atomic E-state index is 0.220. The van der Waals surface area contributed by atoms with Crippen LogP contribution in [0, 0.1) is 0 Å². The molecule has 1 aromatic heterocycles. The summed E-state index contributed by atoms with van der Waals surface area (Å²) < 4.78 is 18.3. The van der Waals surface area contributed by atoms with E-state index in [1.165, 1.54) is 18.4 Å². The van der Waals surface area contributed by atoms with Crippen LogP contribution >= 0.6 is 0 Å². The van der Waals surface area contributed by atoms with E-state index in [0.29, 0.717) is 37.0 Å². The molecule has 0 bridgehead atoms. The molecule has 7 nitrogen and oxygen atoms in total. The first-order valence-corrected chi connectivity index (χ1v) is 12.7. The molecule has 3 fully saturated rings. The van der Waals surface area contributed by atoms with Crippen molar-refractivity contribution >= 4 is 0 Å². The van der Waals surface area contributed by atoms with Crippen molar-refractivity contribution in [2.75, 3.05) is 13.2 Å². The third kappa shape index (κ3) is 5.41. The van der Waals surface area contributed by atoms with Gasteiger partial charge in [0.15, 0.2) is 0 Å². The van der Waals surface area contributed by atoms with Crippen LogP contribution in [-0.2, 0) is 6.54 Å². The highest BCUT2D eigenvalue weighted by Crippen LogP contribution is 2.35. The van der Waals surface area contributed by atoms with Crippen LogP contribution in [0.1, 0.15) is 75.5 Å². The van der Waals surface area contributed by atoms with Gasteiger partial charge in [0.2, 0.25) is 11.8 Å². The summed E-state index contributed by atoms with van der Waals surface area (Å²) in [6.07, 6.45) is 9.41. The number of ether oxygens (including phenoxy) is 3. The fourth-order valence-electron chi connectivity index (χ4n) is 4.61. The van der Waals surface area contributed by atoms with Gasteiger partial charge in [0.1, 0.15) is 12.2 Å². The highest BCUT2D eigenvalue weighted by atomic mass is 16.5. The summed E-state index contributed by atoms with van der Waals surface area (Å²) in [5.41, 5.74) is 2.23. The van der Waals surface area contributed by atoms with Crippen LogP contribution in [-0.4, -0.2) is 41.4 Å². The number of hydrogen-bond donors (Lipinski definition) is 2. The zero-order chi connectivity index (χ0) is 22.5. The molecule has 0 radical (unpaired) electrons. The van der Waals surface area contributed by atoms with E-state index in [1.807, 2.05) is 6.92 Å². The molecule has 2 aliphatic carbocycles. The molecule has 0 amide bonds. The summed E-state index contributed by atoms with van der Waals surface area (Å²) >= 11 is 0. The van der Waals surface area contributed by atoms with Gasteiger partial charge in [-0.05, 0) is 70.4 Å². The largest absolute Gasteiger partial charge is 0.474 e. The predicted molar refractivity (Wildman–Crippen MR) is 127 cm³/mol. The number of nitrogens with zero attached hydrogens (tertiary/aromatic N) is 2. The second-order valence-electron chi connectivity index (χ2n) is 9.34. The summed E-state index contributed by atoms with van der Waals surface area (Å²) in [5, 5.41) is 7.50. The third-order valence-electron chi connectivity index (χ3n) is 7.00. The highest BCUT2D eigenvalue weighted by Gasteiger charge is 2.30. The van der Waals surface area contributed by atoms with Gasteiger partial charge in [0.05, 0.1) is 12.2 Å².